The fraction of sp³-hybridized carbons (Fsp3) is 0. The van der Waals surface area contributed by atoms with E-state index in [0.29, 0.717) is 16.9 Å². The van der Waals surface area contributed by atoms with E-state index in [1.807, 2.05) is 0 Å². The molecule has 2 rings (SSSR count). The fourth-order valence-corrected chi connectivity index (χ4v) is 0.842. The molecule has 0 bridgehead atoms. The van der Waals surface area contributed by atoms with Crippen LogP contribution in [0.25, 0.3) is 11.0 Å². The molecule has 0 fully saturated rings. The number of nitrogen functional groups attached to an aromatic ring is 2. The SMILES string of the molecule is Nc1ncc2c(N)n[nH]c2n1. The largest absolute Gasteiger partial charge is 0.382 e. The molecule has 2 aromatic rings. The Labute approximate surface area is 61.6 Å². The molecule has 6 nitrogen and oxygen atoms in total. The zero-order valence-corrected chi connectivity index (χ0v) is 5.57. The zero-order valence-electron chi connectivity index (χ0n) is 5.57. The van der Waals surface area contributed by atoms with Gasteiger partial charge in [0, 0.05) is 6.20 Å². The number of nitrogens with one attached hydrogen (secondary N) is 1. The minimum atomic E-state index is 0.209. The van der Waals surface area contributed by atoms with Gasteiger partial charge in [0.15, 0.2) is 11.5 Å². The summed E-state index contributed by atoms with van der Waals surface area (Å²) >= 11 is 0. The average molecular weight is 150 g/mol. The number of anilines is 2. The van der Waals surface area contributed by atoms with Gasteiger partial charge in [0.05, 0.1) is 5.39 Å². The molecule has 0 atom stereocenters. The number of aromatic nitrogens is 4. The molecular formula is C5H6N6. The number of nitrogens with zero attached hydrogens (tertiary/aromatic N) is 3. The van der Waals surface area contributed by atoms with Crippen LogP contribution >= 0.6 is 0 Å². The Hall–Kier alpha value is -1.85. The molecule has 0 aliphatic heterocycles. The maximum absolute atomic E-state index is 5.46. The maximum Gasteiger partial charge on any atom is 0.222 e. The van der Waals surface area contributed by atoms with Gasteiger partial charge in [0.1, 0.15) is 0 Å². The maximum atomic E-state index is 5.46. The molecule has 6 heteroatoms. The van der Waals surface area contributed by atoms with Crippen molar-refractivity contribution < 1.29 is 0 Å². The van der Waals surface area contributed by atoms with Crippen molar-refractivity contribution in [3.8, 4) is 0 Å². The van der Waals surface area contributed by atoms with E-state index in [1.165, 1.54) is 6.20 Å². The van der Waals surface area contributed by atoms with Crippen LogP contribution in [0.1, 0.15) is 0 Å². The first-order valence-electron chi connectivity index (χ1n) is 2.99. The van der Waals surface area contributed by atoms with Gasteiger partial charge in [-0.1, -0.05) is 0 Å². The van der Waals surface area contributed by atoms with E-state index < -0.39 is 0 Å². The molecule has 2 heterocycles. The molecule has 0 aliphatic carbocycles. The van der Waals surface area contributed by atoms with Crippen LogP contribution in [-0.4, -0.2) is 20.2 Å². The smallest absolute Gasteiger partial charge is 0.222 e. The van der Waals surface area contributed by atoms with Crippen molar-refractivity contribution in [3.63, 3.8) is 0 Å². The number of fused-ring (bicyclic) bond motifs is 1. The van der Waals surface area contributed by atoms with E-state index in [2.05, 4.69) is 20.2 Å². The highest BCUT2D eigenvalue weighted by Crippen LogP contribution is 2.13. The molecule has 11 heavy (non-hydrogen) atoms. The van der Waals surface area contributed by atoms with Crippen LogP contribution in [0.4, 0.5) is 11.8 Å². The molecule has 0 amide bonds. The Balaban J connectivity index is 2.86. The lowest BCUT2D eigenvalue weighted by Crippen LogP contribution is -1.93. The third-order valence-corrected chi connectivity index (χ3v) is 1.37. The number of H-pyrrole nitrogens is 1. The average Bonchev–Trinajstić information content (AvgIpc) is 2.32. The van der Waals surface area contributed by atoms with E-state index >= 15 is 0 Å². The second-order valence-electron chi connectivity index (χ2n) is 2.10. The first-order valence-corrected chi connectivity index (χ1v) is 2.99. The van der Waals surface area contributed by atoms with Gasteiger partial charge in [-0.3, -0.25) is 5.10 Å². The van der Waals surface area contributed by atoms with Gasteiger partial charge in [-0.25, -0.2) is 4.98 Å². The van der Waals surface area contributed by atoms with Gasteiger partial charge in [-0.15, -0.1) is 0 Å². The molecule has 0 aliphatic rings. The summed E-state index contributed by atoms with van der Waals surface area (Å²) in [6.45, 7) is 0. The molecule has 0 radical (unpaired) electrons. The summed E-state index contributed by atoms with van der Waals surface area (Å²) in [6.07, 6.45) is 1.54. The summed E-state index contributed by atoms with van der Waals surface area (Å²) in [5.41, 5.74) is 11.4. The highest BCUT2D eigenvalue weighted by molar-refractivity contribution is 5.85. The molecule has 0 spiro atoms. The molecule has 5 N–H and O–H groups in total. The summed E-state index contributed by atoms with van der Waals surface area (Å²) in [6, 6.07) is 0. The van der Waals surface area contributed by atoms with Crippen molar-refractivity contribution in [1.82, 2.24) is 20.2 Å². The van der Waals surface area contributed by atoms with Crippen LogP contribution in [0, 0.1) is 0 Å². The third kappa shape index (κ3) is 0.759. The summed E-state index contributed by atoms with van der Waals surface area (Å²) in [5.74, 6) is 0.598. The zero-order chi connectivity index (χ0) is 7.84. The standard InChI is InChI=1S/C5H6N6/c6-3-2-1-8-5(7)9-4(2)11-10-3/h1H,(H5,6,7,8,9,10,11). The van der Waals surface area contributed by atoms with Crippen LogP contribution in [0.2, 0.25) is 0 Å². The van der Waals surface area contributed by atoms with Crippen LogP contribution in [-0.2, 0) is 0 Å². The number of hydrogen-bond donors (Lipinski definition) is 3. The molecule has 0 saturated heterocycles. The third-order valence-electron chi connectivity index (χ3n) is 1.37. The lowest BCUT2D eigenvalue weighted by molar-refractivity contribution is 1.10. The first kappa shape index (κ1) is 5.90. The lowest BCUT2D eigenvalue weighted by Gasteiger charge is -1.89. The van der Waals surface area contributed by atoms with Gasteiger partial charge in [0.2, 0.25) is 5.95 Å². The summed E-state index contributed by atoms with van der Waals surface area (Å²) in [5, 5.41) is 7.05. The Morgan fingerprint density at radius 3 is 3.00 bits per heavy atom. The highest BCUT2D eigenvalue weighted by Gasteiger charge is 2.02. The Morgan fingerprint density at radius 1 is 1.36 bits per heavy atom. The quantitative estimate of drug-likeness (QED) is 0.470. The van der Waals surface area contributed by atoms with Crippen molar-refractivity contribution in [1.29, 1.82) is 0 Å². The van der Waals surface area contributed by atoms with Crippen LogP contribution < -0.4 is 11.5 Å². The van der Waals surface area contributed by atoms with E-state index in [1.54, 1.807) is 0 Å². The van der Waals surface area contributed by atoms with Gasteiger partial charge in [-0.2, -0.15) is 10.1 Å². The summed E-state index contributed by atoms with van der Waals surface area (Å²) in [7, 11) is 0. The van der Waals surface area contributed by atoms with E-state index in [0.717, 1.165) is 0 Å². The molecule has 0 aromatic carbocycles. The Kier molecular flexibility index (Phi) is 0.974. The number of nitrogens with two attached hydrogens (primary N) is 2. The predicted molar refractivity (Wildman–Crippen MR) is 40.5 cm³/mol. The molecule has 56 valence electrons. The van der Waals surface area contributed by atoms with Crippen molar-refractivity contribution >= 4 is 22.8 Å². The minimum Gasteiger partial charge on any atom is -0.382 e. The topological polar surface area (TPSA) is 106 Å². The van der Waals surface area contributed by atoms with Crippen molar-refractivity contribution in [3.05, 3.63) is 6.20 Å². The van der Waals surface area contributed by atoms with Crippen molar-refractivity contribution in [2.24, 2.45) is 0 Å². The van der Waals surface area contributed by atoms with Crippen LogP contribution in [0.3, 0.4) is 0 Å². The Bertz CT molecular complexity index is 391. The first-order chi connectivity index (χ1) is 5.27. The van der Waals surface area contributed by atoms with E-state index in [4.69, 9.17) is 11.5 Å². The fourth-order valence-electron chi connectivity index (χ4n) is 0.842. The summed E-state index contributed by atoms with van der Waals surface area (Å²) < 4.78 is 0. The second-order valence-corrected chi connectivity index (χ2v) is 2.10. The molecule has 0 saturated carbocycles. The van der Waals surface area contributed by atoms with Gasteiger partial charge in [-0.05, 0) is 0 Å². The predicted octanol–water partition coefficient (Wildman–Crippen LogP) is -0.483. The lowest BCUT2D eigenvalue weighted by atomic mass is 10.4. The van der Waals surface area contributed by atoms with Crippen LogP contribution in [0.15, 0.2) is 6.20 Å². The minimum absolute atomic E-state index is 0.209. The van der Waals surface area contributed by atoms with E-state index in [9.17, 15) is 0 Å². The number of aromatic amines is 1. The van der Waals surface area contributed by atoms with E-state index in [-0.39, 0.29) is 5.95 Å². The van der Waals surface area contributed by atoms with Crippen molar-refractivity contribution in [2.75, 3.05) is 11.5 Å². The molecular weight excluding hydrogens is 144 g/mol. The molecule has 0 unspecified atom stereocenters. The normalized spacial score (nSPS) is 10.5. The molecule has 2 aromatic heterocycles. The van der Waals surface area contributed by atoms with Gasteiger partial charge < -0.3 is 11.5 Å². The van der Waals surface area contributed by atoms with Crippen LogP contribution in [0.5, 0.6) is 0 Å². The van der Waals surface area contributed by atoms with Crippen molar-refractivity contribution in [2.45, 2.75) is 0 Å². The van der Waals surface area contributed by atoms with Gasteiger partial charge >= 0.3 is 0 Å². The van der Waals surface area contributed by atoms with Gasteiger partial charge in [0.25, 0.3) is 0 Å². The number of hydrogen-bond acceptors (Lipinski definition) is 5. The second kappa shape index (κ2) is 1.82. The summed E-state index contributed by atoms with van der Waals surface area (Å²) in [4.78, 5) is 7.63. The number of rotatable bonds is 0. The highest BCUT2D eigenvalue weighted by atomic mass is 15.2. The monoisotopic (exact) mass is 150 g/mol. The Morgan fingerprint density at radius 2 is 2.18 bits per heavy atom.